The second-order valence-electron chi connectivity index (χ2n) is 4.97. The number of aromatic nitrogens is 3. The van der Waals surface area contributed by atoms with Gasteiger partial charge >= 0.3 is 0 Å². The van der Waals surface area contributed by atoms with Crippen LogP contribution in [0.25, 0.3) is 0 Å². The Hall–Kier alpha value is -1.33. The van der Waals surface area contributed by atoms with Gasteiger partial charge in [-0.3, -0.25) is 4.68 Å². The molecule has 1 aromatic carbocycles. The average molecular weight is 274 g/mol. The van der Waals surface area contributed by atoms with E-state index in [-0.39, 0.29) is 0 Å². The van der Waals surface area contributed by atoms with Crippen LogP contribution >= 0.6 is 11.8 Å². The lowest BCUT2D eigenvalue weighted by Crippen LogP contribution is -2.14. The van der Waals surface area contributed by atoms with Crippen molar-refractivity contribution >= 4 is 11.8 Å². The summed E-state index contributed by atoms with van der Waals surface area (Å²) in [5, 5.41) is 11.5. The van der Waals surface area contributed by atoms with Crippen LogP contribution in [0.3, 0.4) is 0 Å². The molecule has 2 aromatic rings. The van der Waals surface area contributed by atoms with E-state index in [4.69, 9.17) is 0 Å². The highest BCUT2D eigenvalue weighted by molar-refractivity contribution is 7.98. The van der Waals surface area contributed by atoms with Gasteiger partial charge in [-0.25, -0.2) is 0 Å². The smallest absolute Gasteiger partial charge is 0.0929 e. The Bertz CT molecular complexity index is 531. The Morgan fingerprint density at radius 2 is 2.11 bits per heavy atom. The minimum Gasteiger partial charge on any atom is -0.310 e. The third kappa shape index (κ3) is 3.81. The molecule has 0 radical (unpaired) electrons. The monoisotopic (exact) mass is 274 g/mol. The molecule has 1 N–H and O–H groups in total. The van der Waals surface area contributed by atoms with Crippen molar-refractivity contribution in [1.82, 2.24) is 20.3 Å². The molecule has 4 nitrogen and oxygen atoms in total. The van der Waals surface area contributed by atoms with Crippen molar-refractivity contribution in [3.05, 3.63) is 41.7 Å². The van der Waals surface area contributed by atoms with Gasteiger partial charge in [0.15, 0.2) is 0 Å². The van der Waals surface area contributed by atoms with Crippen LogP contribution in [0.5, 0.6) is 0 Å². The molecule has 19 heavy (non-hydrogen) atoms. The van der Waals surface area contributed by atoms with Crippen molar-refractivity contribution in [2.75, 3.05) is 0 Å². The standard InChI is InChI=1S/C14H18N4S/c1-18-9-13(16-17-18)10-19-14-6-2-11(3-7-14)8-15-12-4-5-12/h2-3,6-7,9,12,15H,4-5,8,10H2,1H3. The number of hydrogen-bond donors (Lipinski definition) is 1. The van der Waals surface area contributed by atoms with Crippen LogP contribution in [0.4, 0.5) is 0 Å². The van der Waals surface area contributed by atoms with Crippen LogP contribution < -0.4 is 5.32 Å². The van der Waals surface area contributed by atoms with Gasteiger partial charge in [0.25, 0.3) is 0 Å². The first kappa shape index (κ1) is 12.7. The lowest BCUT2D eigenvalue weighted by atomic mass is 10.2. The van der Waals surface area contributed by atoms with Crippen molar-refractivity contribution in [2.45, 2.75) is 36.1 Å². The summed E-state index contributed by atoms with van der Waals surface area (Å²) in [6, 6.07) is 9.55. The van der Waals surface area contributed by atoms with Gasteiger partial charge in [-0.05, 0) is 30.5 Å². The lowest BCUT2D eigenvalue weighted by molar-refractivity contribution is 0.687. The zero-order valence-electron chi connectivity index (χ0n) is 11.0. The molecule has 0 atom stereocenters. The topological polar surface area (TPSA) is 42.7 Å². The van der Waals surface area contributed by atoms with Crippen LogP contribution in [0.1, 0.15) is 24.1 Å². The predicted molar refractivity (Wildman–Crippen MR) is 76.9 cm³/mol. The Morgan fingerprint density at radius 3 is 2.74 bits per heavy atom. The molecule has 0 unspecified atom stereocenters. The molecule has 1 aliphatic rings. The van der Waals surface area contributed by atoms with Crippen LogP contribution in [0.2, 0.25) is 0 Å². The molecule has 1 aliphatic carbocycles. The number of thioether (sulfide) groups is 1. The second-order valence-corrected chi connectivity index (χ2v) is 6.02. The molecule has 0 amide bonds. The molecule has 0 aliphatic heterocycles. The summed E-state index contributed by atoms with van der Waals surface area (Å²) in [6.07, 6.45) is 4.64. The van der Waals surface area contributed by atoms with Gasteiger partial charge in [0.05, 0.1) is 5.69 Å². The first-order chi connectivity index (χ1) is 9.29. The molecule has 1 aromatic heterocycles. The Kier molecular flexibility index (Phi) is 3.84. The van der Waals surface area contributed by atoms with E-state index >= 15 is 0 Å². The van der Waals surface area contributed by atoms with Gasteiger partial charge in [0.1, 0.15) is 0 Å². The number of nitrogens with one attached hydrogen (secondary N) is 1. The summed E-state index contributed by atoms with van der Waals surface area (Å²) in [7, 11) is 1.89. The van der Waals surface area contributed by atoms with Crippen molar-refractivity contribution in [3.8, 4) is 0 Å². The molecule has 100 valence electrons. The van der Waals surface area contributed by atoms with Crippen LogP contribution in [0, 0.1) is 0 Å². The molecule has 0 saturated heterocycles. The molecule has 0 spiro atoms. The van der Waals surface area contributed by atoms with Crippen molar-refractivity contribution in [3.63, 3.8) is 0 Å². The fourth-order valence-electron chi connectivity index (χ4n) is 1.87. The minimum atomic E-state index is 0.769. The highest BCUT2D eigenvalue weighted by Gasteiger charge is 2.19. The zero-order chi connectivity index (χ0) is 13.1. The Labute approximate surface area is 117 Å². The Morgan fingerprint density at radius 1 is 1.32 bits per heavy atom. The van der Waals surface area contributed by atoms with E-state index in [1.807, 2.05) is 13.2 Å². The fraction of sp³-hybridized carbons (Fsp3) is 0.429. The van der Waals surface area contributed by atoms with E-state index in [9.17, 15) is 0 Å². The normalized spacial score (nSPS) is 14.8. The SMILES string of the molecule is Cn1cc(CSc2ccc(CNC3CC3)cc2)nn1. The molecule has 1 saturated carbocycles. The zero-order valence-corrected chi connectivity index (χ0v) is 11.9. The molecular weight excluding hydrogens is 256 g/mol. The molecular formula is C14H18N4S. The van der Waals surface area contributed by atoms with Gasteiger partial charge in [-0.1, -0.05) is 17.3 Å². The van der Waals surface area contributed by atoms with E-state index in [0.29, 0.717) is 0 Å². The summed E-state index contributed by atoms with van der Waals surface area (Å²) in [4.78, 5) is 1.28. The highest BCUT2D eigenvalue weighted by Crippen LogP contribution is 2.23. The summed E-state index contributed by atoms with van der Waals surface area (Å²) >= 11 is 1.80. The maximum atomic E-state index is 4.09. The van der Waals surface area contributed by atoms with Gasteiger partial charge in [-0.15, -0.1) is 16.9 Å². The van der Waals surface area contributed by atoms with E-state index in [0.717, 1.165) is 24.0 Å². The lowest BCUT2D eigenvalue weighted by Gasteiger charge is -2.04. The molecule has 3 rings (SSSR count). The van der Waals surface area contributed by atoms with Gasteiger partial charge < -0.3 is 5.32 Å². The first-order valence-corrected chi connectivity index (χ1v) is 7.58. The highest BCUT2D eigenvalue weighted by atomic mass is 32.2. The largest absolute Gasteiger partial charge is 0.310 e. The van der Waals surface area contributed by atoms with Crippen LogP contribution in [-0.2, 0) is 19.3 Å². The number of rotatable bonds is 6. The van der Waals surface area contributed by atoms with E-state index < -0.39 is 0 Å². The quantitative estimate of drug-likeness (QED) is 0.821. The van der Waals surface area contributed by atoms with Crippen LogP contribution in [0.15, 0.2) is 35.4 Å². The molecule has 1 fully saturated rings. The summed E-state index contributed by atoms with van der Waals surface area (Å²) in [5.74, 6) is 0.869. The van der Waals surface area contributed by atoms with E-state index in [2.05, 4.69) is 39.9 Å². The fourth-order valence-corrected chi connectivity index (χ4v) is 2.65. The third-order valence-corrected chi connectivity index (χ3v) is 4.18. The van der Waals surface area contributed by atoms with E-state index in [1.54, 1.807) is 16.4 Å². The number of hydrogen-bond acceptors (Lipinski definition) is 4. The maximum Gasteiger partial charge on any atom is 0.0929 e. The van der Waals surface area contributed by atoms with Gasteiger partial charge in [-0.2, -0.15) is 0 Å². The molecule has 0 bridgehead atoms. The maximum absolute atomic E-state index is 4.09. The summed E-state index contributed by atoms with van der Waals surface area (Å²) < 4.78 is 1.74. The van der Waals surface area contributed by atoms with Crippen molar-refractivity contribution < 1.29 is 0 Å². The van der Waals surface area contributed by atoms with Gasteiger partial charge in [0, 0.05) is 36.5 Å². The number of benzene rings is 1. The molecule has 1 heterocycles. The van der Waals surface area contributed by atoms with Gasteiger partial charge in [0.2, 0.25) is 0 Å². The third-order valence-electron chi connectivity index (χ3n) is 3.13. The predicted octanol–water partition coefficient (Wildman–Crippen LogP) is 2.36. The minimum absolute atomic E-state index is 0.769. The summed E-state index contributed by atoms with van der Waals surface area (Å²) in [6.45, 7) is 0.986. The van der Waals surface area contributed by atoms with Crippen molar-refractivity contribution in [1.29, 1.82) is 0 Å². The molecule has 5 heteroatoms. The number of nitrogens with zero attached hydrogens (tertiary/aromatic N) is 3. The van der Waals surface area contributed by atoms with E-state index in [1.165, 1.54) is 23.3 Å². The first-order valence-electron chi connectivity index (χ1n) is 6.60. The summed E-state index contributed by atoms with van der Waals surface area (Å²) in [5.41, 5.74) is 2.38. The van der Waals surface area contributed by atoms with Crippen LogP contribution in [-0.4, -0.2) is 21.0 Å². The van der Waals surface area contributed by atoms with Crippen molar-refractivity contribution in [2.24, 2.45) is 7.05 Å². The average Bonchev–Trinajstić information content (AvgIpc) is 3.17. The second kappa shape index (κ2) is 5.75. The Balaban J connectivity index is 1.50. The number of aryl methyl sites for hydroxylation is 1.